The van der Waals surface area contributed by atoms with Gasteiger partial charge in [-0.3, -0.25) is 4.79 Å². The molecule has 1 atom stereocenters. The minimum atomic E-state index is -0.161. The summed E-state index contributed by atoms with van der Waals surface area (Å²) in [6, 6.07) is 5.30. The number of hydrogen-bond acceptors (Lipinski definition) is 6. The predicted molar refractivity (Wildman–Crippen MR) is 102 cm³/mol. The Morgan fingerprint density at radius 2 is 2.00 bits per heavy atom. The van der Waals surface area contributed by atoms with E-state index in [1.807, 2.05) is 25.3 Å². The van der Waals surface area contributed by atoms with Crippen molar-refractivity contribution in [2.45, 2.75) is 19.9 Å². The van der Waals surface area contributed by atoms with Gasteiger partial charge in [-0.15, -0.1) is 11.3 Å². The summed E-state index contributed by atoms with van der Waals surface area (Å²) in [5.74, 6) is 6.10. The average Bonchev–Trinajstić information content (AvgIpc) is 3.17. The third-order valence-corrected chi connectivity index (χ3v) is 4.64. The average molecular weight is 363 g/mol. The molecule has 0 aliphatic heterocycles. The molecule has 3 aromatic rings. The normalized spacial score (nSPS) is 11.3. The highest BCUT2D eigenvalue weighted by atomic mass is 32.1. The maximum Gasteiger partial charge on any atom is 0.251 e. The zero-order valence-corrected chi connectivity index (χ0v) is 15.2. The van der Waals surface area contributed by atoms with Crippen molar-refractivity contribution in [3.8, 4) is 11.8 Å². The third kappa shape index (κ3) is 4.23. The van der Waals surface area contributed by atoms with Crippen molar-refractivity contribution >= 4 is 23.2 Å². The smallest absolute Gasteiger partial charge is 0.251 e. The Bertz CT molecular complexity index is 971. The second kappa shape index (κ2) is 7.76. The van der Waals surface area contributed by atoms with Crippen molar-refractivity contribution in [2.75, 3.05) is 5.73 Å². The van der Waals surface area contributed by atoms with Crippen LogP contribution in [0.1, 0.15) is 45.0 Å². The molecule has 1 amide bonds. The summed E-state index contributed by atoms with van der Waals surface area (Å²) < 4.78 is 0. The summed E-state index contributed by atoms with van der Waals surface area (Å²) in [5.41, 5.74) is 8.44. The quantitative estimate of drug-likeness (QED) is 0.698. The van der Waals surface area contributed by atoms with Crippen LogP contribution in [0.3, 0.4) is 0 Å². The Hall–Kier alpha value is -3.24. The monoisotopic (exact) mass is 363 g/mol. The molecule has 0 saturated carbocycles. The van der Waals surface area contributed by atoms with Gasteiger partial charge in [0.25, 0.3) is 5.91 Å². The SMILES string of the molecule is Cc1ccc(C(=O)N[C@H](C)c2nccs2)cc1C#Cc1cnc(N)nc1. The Morgan fingerprint density at radius 3 is 2.69 bits per heavy atom. The minimum Gasteiger partial charge on any atom is -0.368 e. The van der Waals surface area contributed by atoms with E-state index in [0.29, 0.717) is 11.1 Å². The number of aromatic nitrogens is 3. The Morgan fingerprint density at radius 1 is 1.23 bits per heavy atom. The van der Waals surface area contributed by atoms with E-state index in [2.05, 4.69) is 32.1 Å². The molecule has 0 aliphatic rings. The van der Waals surface area contributed by atoms with Crippen molar-refractivity contribution in [1.82, 2.24) is 20.3 Å². The fourth-order valence-electron chi connectivity index (χ4n) is 2.23. The van der Waals surface area contributed by atoms with Gasteiger partial charge in [0.1, 0.15) is 5.01 Å². The number of carbonyl (C=O) groups excluding carboxylic acids is 1. The number of nitrogen functional groups attached to an aromatic ring is 1. The summed E-state index contributed by atoms with van der Waals surface area (Å²) in [4.78, 5) is 24.6. The lowest BCUT2D eigenvalue weighted by atomic mass is 10.0. The van der Waals surface area contributed by atoms with Gasteiger partial charge in [-0.2, -0.15) is 0 Å². The molecule has 130 valence electrons. The lowest BCUT2D eigenvalue weighted by Crippen LogP contribution is -2.26. The molecular weight excluding hydrogens is 346 g/mol. The highest BCUT2D eigenvalue weighted by molar-refractivity contribution is 7.09. The lowest BCUT2D eigenvalue weighted by Gasteiger charge is -2.12. The zero-order valence-electron chi connectivity index (χ0n) is 14.4. The van der Waals surface area contributed by atoms with Crippen LogP contribution in [0.2, 0.25) is 0 Å². The molecule has 0 bridgehead atoms. The number of benzene rings is 1. The number of nitrogens with one attached hydrogen (secondary N) is 1. The van der Waals surface area contributed by atoms with Crippen LogP contribution in [0.4, 0.5) is 5.95 Å². The summed E-state index contributed by atoms with van der Waals surface area (Å²) in [6.45, 7) is 3.86. The van der Waals surface area contributed by atoms with E-state index in [0.717, 1.165) is 16.1 Å². The number of nitrogens with two attached hydrogens (primary N) is 1. The first-order valence-corrected chi connectivity index (χ1v) is 8.81. The van der Waals surface area contributed by atoms with E-state index >= 15 is 0 Å². The van der Waals surface area contributed by atoms with Crippen molar-refractivity contribution < 1.29 is 4.79 Å². The van der Waals surface area contributed by atoms with Crippen molar-refractivity contribution in [2.24, 2.45) is 0 Å². The second-order valence-corrected chi connectivity index (χ2v) is 6.60. The molecule has 0 unspecified atom stereocenters. The van der Waals surface area contributed by atoms with Crippen molar-refractivity contribution in [1.29, 1.82) is 0 Å². The molecule has 2 heterocycles. The number of nitrogens with zero attached hydrogens (tertiary/aromatic N) is 3. The molecule has 26 heavy (non-hydrogen) atoms. The van der Waals surface area contributed by atoms with Gasteiger partial charge >= 0.3 is 0 Å². The van der Waals surface area contributed by atoms with Crippen molar-refractivity contribution in [3.63, 3.8) is 0 Å². The molecule has 1 aromatic carbocycles. The number of anilines is 1. The summed E-state index contributed by atoms with van der Waals surface area (Å²) in [6.07, 6.45) is 4.86. The fourth-order valence-corrected chi connectivity index (χ4v) is 2.88. The zero-order chi connectivity index (χ0) is 18.5. The van der Waals surface area contributed by atoms with Gasteiger partial charge in [0.15, 0.2) is 0 Å². The largest absolute Gasteiger partial charge is 0.368 e. The molecule has 0 spiro atoms. The van der Waals surface area contributed by atoms with Crippen LogP contribution in [-0.2, 0) is 0 Å². The summed E-state index contributed by atoms with van der Waals surface area (Å²) in [5, 5.41) is 5.71. The first-order valence-electron chi connectivity index (χ1n) is 7.93. The van der Waals surface area contributed by atoms with E-state index < -0.39 is 0 Å². The van der Waals surface area contributed by atoms with E-state index in [-0.39, 0.29) is 17.9 Å². The number of amides is 1. The first-order chi connectivity index (χ1) is 12.5. The van der Waals surface area contributed by atoms with Gasteiger partial charge in [-0.05, 0) is 31.5 Å². The van der Waals surface area contributed by atoms with Crippen LogP contribution < -0.4 is 11.1 Å². The van der Waals surface area contributed by atoms with Crippen LogP contribution in [-0.4, -0.2) is 20.9 Å². The van der Waals surface area contributed by atoms with Gasteiger partial charge in [0.05, 0.1) is 11.6 Å². The first kappa shape index (κ1) is 17.6. The molecule has 6 nitrogen and oxygen atoms in total. The molecule has 0 saturated heterocycles. The standard InChI is InChI=1S/C19H17N5OS/c1-12-3-5-16(17(25)24-13(2)18-21-7-8-26-18)9-15(12)6-4-14-10-22-19(20)23-11-14/h3,5,7-11,13H,1-2H3,(H,24,25)(H2,20,22,23)/t13-/m1/s1. The van der Waals surface area contributed by atoms with E-state index in [1.165, 1.54) is 11.3 Å². The van der Waals surface area contributed by atoms with Crippen LogP contribution in [0.25, 0.3) is 0 Å². The number of carbonyl (C=O) groups is 1. The van der Waals surface area contributed by atoms with E-state index in [9.17, 15) is 4.79 Å². The van der Waals surface area contributed by atoms with Gasteiger partial charge in [0.2, 0.25) is 5.95 Å². The van der Waals surface area contributed by atoms with Gasteiger partial charge in [0, 0.05) is 35.1 Å². The number of hydrogen-bond donors (Lipinski definition) is 2. The van der Waals surface area contributed by atoms with Gasteiger partial charge < -0.3 is 11.1 Å². The number of thiazole rings is 1. The lowest BCUT2D eigenvalue weighted by molar-refractivity contribution is 0.0940. The van der Waals surface area contributed by atoms with Crippen LogP contribution >= 0.6 is 11.3 Å². The van der Waals surface area contributed by atoms with Crippen molar-refractivity contribution in [3.05, 3.63) is 69.4 Å². The molecule has 3 N–H and O–H groups in total. The van der Waals surface area contributed by atoms with E-state index in [1.54, 1.807) is 30.7 Å². The highest BCUT2D eigenvalue weighted by Crippen LogP contribution is 2.16. The molecule has 7 heteroatoms. The number of aryl methyl sites for hydroxylation is 1. The molecule has 0 aliphatic carbocycles. The molecule has 0 fully saturated rings. The highest BCUT2D eigenvalue weighted by Gasteiger charge is 2.13. The van der Waals surface area contributed by atoms with E-state index in [4.69, 9.17) is 5.73 Å². The predicted octanol–water partition coefficient (Wildman–Crippen LogP) is 2.71. The van der Waals surface area contributed by atoms with Crippen LogP contribution in [0, 0.1) is 18.8 Å². The topological polar surface area (TPSA) is 93.8 Å². The molecule has 2 aromatic heterocycles. The van der Waals surface area contributed by atoms with Gasteiger partial charge in [-0.1, -0.05) is 17.9 Å². The number of rotatable bonds is 3. The minimum absolute atomic E-state index is 0.148. The summed E-state index contributed by atoms with van der Waals surface area (Å²) >= 11 is 1.51. The fraction of sp³-hybridized carbons (Fsp3) is 0.158. The summed E-state index contributed by atoms with van der Waals surface area (Å²) in [7, 11) is 0. The molecule has 3 rings (SSSR count). The maximum atomic E-state index is 12.5. The van der Waals surface area contributed by atoms with Crippen LogP contribution in [0.5, 0.6) is 0 Å². The second-order valence-electron chi connectivity index (χ2n) is 5.68. The van der Waals surface area contributed by atoms with Crippen LogP contribution in [0.15, 0.2) is 42.2 Å². The third-order valence-electron chi connectivity index (χ3n) is 3.68. The Kier molecular flexibility index (Phi) is 5.25. The maximum absolute atomic E-state index is 12.5. The molecule has 0 radical (unpaired) electrons. The Labute approximate surface area is 155 Å². The van der Waals surface area contributed by atoms with Gasteiger partial charge in [-0.25, -0.2) is 15.0 Å². The Balaban J connectivity index is 1.79. The molecular formula is C19H17N5OS.